The Morgan fingerprint density at radius 3 is 1.00 bits per heavy atom. The fourth-order valence-electron chi connectivity index (χ4n) is 0. The summed E-state index contributed by atoms with van der Waals surface area (Å²) in [6.45, 7) is 0. The molecule has 5 heavy (non-hydrogen) atoms. The first-order valence-corrected chi connectivity index (χ1v) is 2.94. The van der Waals surface area contributed by atoms with E-state index in [0.717, 1.165) is 0 Å². The molecule has 0 bridgehead atoms. The van der Waals surface area contributed by atoms with Crippen LogP contribution in [0.4, 0.5) is 0 Å². The third kappa shape index (κ3) is 17.6. The van der Waals surface area contributed by atoms with Gasteiger partial charge in [0.05, 0.1) is 0 Å². The molecule has 0 aromatic rings. The van der Waals surface area contributed by atoms with Crippen LogP contribution in [0.3, 0.4) is 0 Å². The van der Waals surface area contributed by atoms with Gasteiger partial charge in [0.2, 0.25) is 0 Å². The van der Waals surface area contributed by atoms with Crippen molar-refractivity contribution >= 4 is 9.42 Å². The van der Waals surface area contributed by atoms with Crippen molar-refractivity contribution in [2.24, 2.45) is 0 Å². The minimum atomic E-state index is 0. The smallest absolute Gasteiger partial charge is 1.00 e. The molecule has 5 heteroatoms. The maximum atomic E-state index is 4.61. The molecule has 0 amide bonds. The first kappa shape index (κ1) is 22.5. The summed E-state index contributed by atoms with van der Waals surface area (Å²) in [5.41, 5.74) is 0. The van der Waals surface area contributed by atoms with Crippen molar-refractivity contribution in [2.45, 2.75) is 0 Å². The van der Waals surface area contributed by atoms with E-state index < -0.39 is 0 Å². The fourth-order valence-corrected chi connectivity index (χ4v) is 0. The summed E-state index contributed by atoms with van der Waals surface area (Å²) in [6, 6.07) is 0. The largest absolute Gasteiger partial charge is 1.00 e. The molecular formula is ClIK2Pt. The van der Waals surface area contributed by atoms with Gasteiger partial charge in [0.1, 0.15) is 0 Å². The van der Waals surface area contributed by atoms with Crippen LogP contribution in [0.5, 0.6) is 0 Å². The quantitative estimate of drug-likeness (QED) is 0.262. The zero-order chi connectivity index (χ0) is 2.00. The molecule has 26 valence electrons. The first-order valence-electron chi connectivity index (χ1n) is 0.120. The maximum absolute atomic E-state index is 4.61. The van der Waals surface area contributed by atoms with E-state index in [1.54, 1.807) is 18.8 Å². The molecule has 0 nitrogen and oxygen atoms in total. The second kappa shape index (κ2) is 23.1. The van der Waals surface area contributed by atoms with Crippen molar-refractivity contribution < 1.29 is 146 Å². The number of hydrogen-bond donors (Lipinski definition) is 0. The van der Waals surface area contributed by atoms with Crippen LogP contribution >= 0.6 is 9.42 Å². The van der Waals surface area contributed by atoms with E-state index in [1.807, 2.05) is 0 Å². The minimum Gasteiger partial charge on any atom is -1.00 e. The third-order valence-corrected chi connectivity index (χ3v) is 0. The molecule has 0 N–H and O–H groups in total. The van der Waals surface area contributed by atoms with Crippen LogP contribution < -0.4 is 127 Å². The Labute approximate surface area is 150 Å². The molecule has 0 aromatic heterocycles. The molecule has 0 radical (unpaired) electrons. The molecule has 0 unspecified atom stereocenters. The van der Waals surface area contributed by atoms with E-state index >= 15 is 0 Å². The van der Waals surface area contributed by atoms with Crippen molar-refractivity contribution in [3.8, 4) is 0 Å². The first-order chi connectivity index (χ1) is 1.00. The van der Waals surface area contributed by atoms with Gasteiger partial charge in [-0.3, -0.25) is 0 Å². The molecule has 0 aliphatic carbocycles. The van der Waals surface area contributed by atoms with Gasteiger partial charge >= 0.3 is 131 Å². The summed E-state index contributed by atoms with van der Waals surface area (Å²) in [7, 11) is 4.61. The van der Waals surface area contributed by atoms with Gasteiger partial charge in [0.25, 0.3) is 0 Å². The van der Waals surface area contributed by atoms with E-state index in [0.29, 0.717) is 0 Å². The molecule has 0 aliphatic rings. The number of halogens is 2. The van der Waals surface area contributed by atoms with E-state index in [9.17, 15) is 0 Å². The van der Waals surface area contributed by atoms with Crippen LogP contribution in [-0.4, -0.2) is 0 Å². The van der Waals surface area contributed by atoms with Crippen LogP contribution in [0.15, 0.2) is 0 Å². The molecule has 0 rings (SSSR count). The molecule has 0 heterocycles. The average Bonchev–Trinajstić information content (AvgIpc) is 1.00. The molecule has 0 spiro atoms. The van der Waals surface area contributed by atoms with Gasteiger partial charge in [0.15, 0.2) is 0 Å². The summed E-state index contributed by atoms with van der Waals surface area (Å²) < 4.78 is 0. The molecule has 0 atom stereocenters. The Kier molecular flexibility index (Phi) is 104. The standard InChI is InChI=1S/ClH.HI.2K.Pt/h2*1H;;;/q;;2*+1;/p-2. The average molecular weight is 436 g/mol. The van der Waals surface area contributed by atoms with Crippen molar-refractivity contribution in [3.05, 3.63) is 0 Å². The van der Waals surface area contributed by atoms with Crippen LogP contribution in [0, 0.1) is 0 Å². The Morgan fingerprint density at radius 2 is 1.00 bits per heavy atom. The molecule has 0 aliphatic heterocycles. The summed E-state index contributed by atoms with van der Waals surface area (Å²) >= 11 is 1.61. The van der Waals surface area contributed by atoms with Gasteiger partial charge in [-0.05, 0) is 0 Å². The molecule has 0 saturated carbocycles. The van der Waals surface area contributed by atoms with Gasteiger partial charge in [-0.1, -0.05) is 0 Å². The Morgan fingerprint density at radius 1 is 1.00 bits per heavy atom. The molecule has 0 fully saturated rings. The summed E-state index contributed by atoms with van der Waals surface area (Å²) in [5, 5.41) is 0. The zero-order valence-corrected chi connectivity index (χ0v) is 14.5. The van der Waals surface area contributed by atoms with Crippen molar-refractivity contribution in [1.29, 1.82) is 0 Å². The number of hydrogen-bond acceptors (Lipinski definition) is 0. The van der Waals surface area contributed by atoms with Crippen LogP contribution in [0.2, 0.25) is 0 Å². The summed E-state index contributed by atoms with van der Waals surface area (Å²) in [4.78, 5) is 0. The Bertz CT molecular complexity index is 9.61. The van der Waals surface area contributed by atoms with Crippen molar-refractivity contribution in [2.75, 3.05) is 0 Å². The maximum Gasteiger partial charge on any atom is 1.00 e. The van der Waals surface area contributed by atoms with Gasteiger partial charge in [-0.15, -0.1) is 0 Å². The predicted molar refractivity (Wildman–Crippen MR) is 5.85 cm³/mol. The van der Waals surface area contributed by atoms with Gasteiger partial charge in [-0.25, -0.2) is 0 Å². The van der Waals surface area contributed by atoms with Crippen molar-refractivity contribution in [3.63, 3.8) is 0 Å². The van der Waals surface area contributed by atoms with Crippen LogP contribution in [0.1, 0.15) is 0 Å². The Hall–Kier alpha value is 4.98. The van der Waals surface area contributed by atoms with Gasteiger partial charge in [0, 0.05) is 0 Å². The Balaban J connectivity index is -0.00000000167. The SMILES string of the molecule is [Cl][Pt-].[I-].[K+].[K+]. The molecule has 0 saturated heterocycles. The minimum absolute atomic E-state index is 0. The fraction of sp³-hybridized carbons (Fsp3) is 0. The van der Waals surface area contributed by atoms with Gasteiger partial charge < -0.3 is 24.0 Å². The zero-order valence-electron chi connectivity index (χ0n) is 3.07. The normalized spacial score (nSPS) is 1.40. The van der Waals surface area contributed by atoms with Gasteiger partial charge in [-0.2, -0.15) is 0 Å². The van der Waals surface area contributed by atoms with E-state index in [1.165, 1.54) is 0 Å². The van der Waals surface area contributed by atoms with E-state index in [-0.39, 0.29) is 127 Å². The van der Waals surface area contributed by atoms with Crippen LogP contribution in [-0.2, 0) is 18.8 Å². The van der Waals surface area contributed by atoms with E-state index in [4.69, 9.17) is 0 Å². The molecule has 0 aromatic carbocycles. The molecular weight excluding hydrogens is 436 g/mol. The second-order valence-electron chi connectivity index (χ2n) is 0. The monoisotopic (exact) mass is 435 g/mol. The van der Waals surface area contributed by atoms with E-state index in [2.05, 4.69) is 9.42 Å². The topological polar surface area (TPSA) is 0 Å². The summed E-state index contributed by atoms with van der Waals surface area (Å²) in [5.74, 6) is 0. The van der Waals surface area contributed by atoms with Crippen LogP contribution in [0.25, 0.3) is 0 Å². The van der Waals surface area contributed by atoms with Crippen molar-refractivity contribution in [1.82, 2.24) is 0 Å². The number of rotatable bonds is 0. The third-order valence-electron chi connectivity index (χ3n) is 0. The summed E-state index contributed by atoms with van der Waals surface area (Å²) in [6.07, 6.45) is 0. The second-order valence-corrected chi connectivity index (χ2v) is 0. The predicted octanol–water partition coefficient (Wildman–Crippen LogP) is -8.30.